The van der Waals surface area contributed by atoms with E-state index in [0.717, 1.165) is 6.42 Å². The van der Waals surface area contributed by atoms with Crippen molar-refractivity contribution in [2.45, 2.75) is 75.7 Å². The Labute approximate surface area is 143 Å². The van der Waals surface area contributed by atoms with Crippen LogP contribution in [0.4, 0.5) is 0 Å². The molecule has 2 bridgehead atoms. The van der Waals surface area contributed by atoms with Crippen LogP contribution in [0, 0.1) is 5.92 Å². The van der Waals surface area contributed by atoms with Crippen molar-refractivity contribution in [1.29, 1.82) is 0 Å². The molecule has 2 heterocycles. The Bertz CT molecular complexity index is 528. The summed E-state index contributed by atoms with van der Waals surface area (Å²) in [4.78, 5) is 0. The van der Waals surface area contributed by atoms with E-state index in [1.807, 2.05) is 20.8 Å². The average Bonchev–Trinajstić information content (AvgIpc) is 2.85. The predicted molar refractivity (Wildman–Crippen MR) is 97.6 cm³/mol. The fraction of sp³-hybridized carbons (Fsp3) is 0.684. The Hall–Kier alpha value is -0.710. The topological polar surface area (TPSA) is 41.1 Å². The highest BCUT2D eigenvalue weighted by atomic mass is 32.2. The summed E-state index contributed by atoms with van der Waals surface area (Å²) in [6.45, 7) is 6.13. The standard InChI is InChI=1S/C19H30N2OS/c1-19(2,3)23(22)21-18(11-14-7-5-4-6-8-14)15-12-16-9-10-17(13-15)20-16/h4-8,15-18,20-21H,9-13H2,1-3H3/t15?,16-,17+,18-,23-/m0/s1. The van der Waals surface area contributed by atoms with Gasteiger partial charge in [-0.05, 0) is 64.4 Å². The molecule has 2 saturated heterocycles. The van der Waals surface area contributed by atoms with Crippen molar-refractivity contribution in [1.82, 2.24) is 10.0 Å². The van der Waals surface area contributed by atoms with Crippen LogP contribution in [0.2, 0.25) is 0 Å². The van der Waals surface area contributed by atoms with E-state index in [4.69, 9.17) is 0 Å². The lowest BCUT2D eigenvalue weighted by molar-refractivity contribution is 0.250. The Morgan fingerprint density at radius 3 is 2.35 bits per heavy atom. The molecule has 2 aliphatic heterocycles. The van der Waals surface area contributed by atoms with Gasteiger partial charge in [-0.2, -0.15) is 0 Å². The summed E-state index contributed by atoms with van der Waals surface area (Å²) in [5.41, 5.74) is 1.33. The van der Waals surface area contributed by atoms with Crippen LogP contribution in [0.5, 0.6) is 0 Å². The molecule has 128 valence electrons. The van der Waals surface area contributed by atoms with E-state index in [1.54, 1.807) is 0 Å². The summed E-state index contributed by atoms with van der Waals surface area (Å²) in [6.07, 6.45) is 6.00. The van der Waals surface area contributed by atoms with Crippen LogP contribution < -0.4 is 10.0 Å². The van der Waals surface area contributed by atoms with Crippen LogP contribution in [-0.2, 0) is 17.4 Å². The van der Waals surface area contributed by atoms with Crippen LogP contribution in [0.25, 0.3) is 0 Å². The number of benzene rings is 1. The lowest BCUT2D eigenvalue weighted by atomic mass is 9.84. The lowest BCUT2D eigenvalue weighted by Crippen LogP contribution is -2.49. The van der Waals surface area contributed by atoms with E-state index in [-0.39, 0.29) is 4.75 Å². The number of rotatable bonds is 5. The molecule has 0 spiro atoms. The number of hydrogen-bond acceptors (Lipinski definition) is 2. The quantitative estimate of drug-likeness (QED) is 0.868. The highest BCUT2D eigenvalue weighted by Gasteiger charge is 2.38. The third kappa shape index (κ3) is 4.43. The molecule has 2 N–H and O–H groups in total. The molecule has 1 aromatic rings. The van der Waals surface area contributed by atoms with Gasteiger partial charge in [-0.25, -0.2) is 8.93 Å². The van der Waals surface area contributed by atoms with E-state index in [9.17, 15) is 4.21 Å². The maximum atomic E-state index is 12.7. The van der Waals surface area contributed by atoms with Crippen LogP contribution in [0.15, 0.2) is 30.3 Å². The second kappa shape index (κ2) is 7.04. The maximum Gasteiger partial charge on any atom is 0.0972 e. The second-order valence-corrected chi connectivity index (χ2v) is 10.2. The number of piperidine rings is 1. The minimum absolute atomic E-state index is 0.221. The van der Waals surface area contributed by atoms with Crippen molar-refractivity contribution in [3.05, 3.63) is 35.9 Å². The van der Waals surface area contributed by atoms with Crippen molar-refractivity contribution in [3.63, 3.8) is 0 Å². The third-order valence-corrected chi connectivity index (χ3v) is 6.82. The largest absolute Gasteiger partial charge is 0.311 e. The summed E-state index contributed by atoms with van der Waals surface area (Å²) in [6, 6.07) is 12.3. The second-order valence-electron chi connectivity index (χ2n) is 8.16. The summed E-state index contributed by atoms with van der Waals surface area (Å²) in [7, 11) is -1.02. The van der Waals surface area contributed by atoms with E-state index in [1.165, 1.54) is 31.2 Å². The highest BCUT2D eigenvalue weighted by Crippen LogP contribution is 2.34. The zero-order chi connectivity index (χ0) is 16.4. The SMILES string of the molecule is CC(C)(C)[S@](=O)N[C@@H](Cc1ccccc1)C1C[C@H]2CC[C@@H](C1)N2. The van der Waals surface area contributed by atoms with Crippen molar-refractivity contribution in [2.75, 3.05) is 0 Å². The van der Waals surface area contributed by atoms with Crippen LogP contribution in [-0.4, -0.2) is 27.1 Å². The Balaban J connectivity index is 1.74. The molecule has 0 saturated carbocycles. The van der Waals surface area contributed by atoms with Gasteiger partial charge >= 0.3 is 0 Å². The molecule has 23 heavy (non-hydrogen) atoms. The van der Waals surface area contributed by atoms with Gasteiger partial charge in [0.05, 0.1) is 15.7 Å². The van der Waals surface area contributed by atoms with Gasteiger partial charge in [0.1, 0.15) is 0 Å². The summed E-state index contributed by atoms with van der Waals surface area (Å²) in [5.74, 6) is 0.611. The third-order valence-electron chi connectivity index (χ3n) is 5.19. The van der Waals surface area contributed by atoms with Crippen molar-refractivity contribution >= 4 is 11.0 Å². The summed E-state index contributed by atoms with van der Waals surface area (Å²) < 4.78 is 15.9. The van der Waals surface area contributed by atoms with E-state index in [0.29, 0.717) is 24.0 Å². The minimum atomic E-state index is -1.02. The first kappa shape index (κ1) is 17.1. The average molecular weight is 335 g/mol. The van der Waals surface area contributed by atoms with Crippen LogP contribution in [0.1, 0.15) is 52.0 Å². The Morgan fingerprint density at radius 2 is 1.78 bits per heavy atom. The van der Waals surface area contributed by atoms with E-state index < -0.39 is 11.0 Å². The maximum absolute atomic E-state index is 12.7. The van der Waals surface area contributed by atoms with Gasteiger partial charge in [0.2, 0.25) is 0 Å². The van der Waals surface area contributed by atoms with Crippen LogP contribution >= 0.6 is 0 Å². The number of fused-ring (bicyclic) bond motifs is 2. The van der Waals surface area contributed by atoms with Gasteiger partial charge in [-0.3, -0.25) is 0 Å². The fourth-order valence-corrected chi connectivity index (χ4v) is 4.82. The molecule has 2 aliphatic rings. The van der Waals surface area contributed by atoms with E-state index >= 15 is 0 Å². The molecule has 2 fully saturated rings. The summed E-state index contributed by atoms with van der Waals surface area (Å²) >= 11 is 0. The minimum Gasteiger partial charge on any atom is -0.311 e. The Kier molecular flexibility index (Phi) is 5.24. The molecule has 0 aliphatic carbocycles. The monoisotopic (exact) mass is 334 g/mol. The highest BCUT2D eigenvalue weighted by molar-refractivity contribution is 7.84. The van der Waals surface area contributed by atoms with Crippen LogP contribution in [0.3, 0.4) is 0 Å². The molecule has 3 rings (SSSR count). The summed E-state index contributed by atoms with van der Waals surface area (Å²) in [5, 5.41) is 3.72. The van der Waals surface area contributed by atoms with Gasteiger partial charge in [-0.15, -0.1) is 0 Å². The van der Waals surface area contributed by atoms with Crippen molar-refractivity contribution in [2.24, 2.45) is 5.92 Å². The molecular formula is C19H30N2OS. The molecule has 5 atom stereocenters. The zero-order valence-corrected chi connectivity index (χ0v) is 15.4. The molecule has 1 unspecified atom stereocenters. The van der Waals surface area contributed by atoms with Gasteiger partial charge in [0.25, 0.3) is 0 Å². The molecule has 0 amide bonds. The van der Waals surface area contributed by atoms with Gasteiger partial charge < -0.3 is 5.32 Å². The van der Waals surface area contributed by atoms with Gasteiger partial charge in [-0.1, -0.05) is 30.3 Å². The first-order valence-corrected chi connectivity index (χ1v) is 10.0. The molecule has 0 radical (unpaired) electrons. The first-order chi connectivity index (χ1) is 10.9. The first-order valence-electron chi connectivity index (χ1n) is 8.90. The molecule has 1 aromatic carbocycles. The molecular weight excluding hydrogens is 304 g/mol. The zero-order valence-electron chi connectivity index (χ0n) is 14.5. The van der Waals surface area contributed by atoms with E-state index in [2.05, 4.69) is 40.4 Å². The molecule has 4 heteroatoms. The Morgan fingerprint density at radius 1 is 1.17 bits per heavy atom. The number of hydrogen-bond donors (Lipinski definition) is 2. The molecule has 3 nitrogen and oxygen atoms in total. The van der Waals surface area contributed by atoms with Gasteiger partial charge in [0.15, 0.2) is 0 Å². The van der Waals surface area contributed by atoms with Crippen molar-refractivity contribution in [3.8, 4) is 0 Å². The smallest absolute Gasteiger partial charge is 0.0972 e. The van der Waals surface area contributed by atoms with Gasteiger partial charge in [0, 0.05) is 18.1 Å². The number of nitrogens with one attached hydrogen (secondary N) is 2. The fourth-order valence-electron chi connectivity index (χ4n) is 3.92. The molecule has 0 aromatic heterocycles. The predicted octanol–water partition coefficient (Wildman–Crippen LogP) is 3.18. The normalized spacial score (nSPS) is 30.1. The lowest BCUT2D eigenvalue weighted by Gasteiger charge is -2.36. The van der Waals surface area contributed by atoms with Crippen molar-refractivity contribution < 1.29 is 4.21 Å².